The van der Waals surface area contributed by atoms with E-state index in [0.717, 1.165) is 0 Å². The molecule has 2 heterocycles. The van der Waals surface area contributed by atoms with Gasteiger partial charge in [0.1, 0.15) is 12.3 Å². The number of carbonyl (C=O) groups is 1. The average Bonchev–Trinajstić information content (AvgIpc) is 3.09. The summed E-state index contributed by atoms with van der Waals surface area (Å²) >= 11 is 2.01. The van der Waals surface area contributed by atoms with E-state index in [1.807, 2.05) is 28.7 Å². The zero-order valence-corrected chi connectivity index (χ0v) is 22.1. The minimum absolute atomic E-state index is 0.0486. The molecule has 0 saturated carbocycles. The van der Waals surface area contributed by atoms with Crippen LogP contribution in [0.3, 0.4) is 0 Å². The first kappa shape index (κ1) is 25.0. The molecule has 1 aromatic carbocycles. The maximum atomic E-state index is 12.7. The number of aliphatic hydroxyl groups is 1. The first-order chi connectivity index (χ1) is 14.9. The zero-order chi connectivity index (χ0) is 23.7. The molecular formula is C22H30IN3O5Si. The molecule has 3 rings (SSSR count). The average molecular weight is 571 g/mol. The van der Waals surface area contributed by atoms with Crippen molar-refractivity contribution < 1.29 is 19.1 Å². The molecule has 1 aliphatic rings. The molecule has 8 nitrogen and oxygen atoms in total. The number of amides is 1. The number of carbonyl (C=O) groups excluding carboxylic acids is 1. The Kier molecular flexibility index (Phi) is 7.60. The van der Waals surface area contributed by atoms with Gasteiger partial charge in [0, 0.05) is 18.2 Å². The molecule has 1 fully saturated rings. The molecule has 10 heteroatoms. The molecule has 0 bridgehead atoms. The monoisotopic (exact) mass is 571 g/mol. The maximum Gasteiger partial charge on any atom is 0.351 e. The summed E-state index contributed by atoms with van der Waals surface area (Å²) in [6.07, 6.45) is -0.0579. The molecule has 2 N–H and O–H groups in total. The third-order valence-corrected chi connectivity index (χ3v) is 11.4. The molecular weight excluding hydrogens is 541 g/mol. The number of nitrogens with zero attached hydrogens (tertiary/aromatic N) is 2. The lowest BCUT2D eigenvalue weighted by Crippen LogP contribution is -2.43. The van der Waals surface area contributed by atoms with Crippen molar-refractivity contribution in [2.45, 2.75) is 63.8 Å². The van der Waals surface area contributed by atoms with Gasteiger partial charge in [0.2, 0.25) is 0 Å². The number of anilines is 1. The molecule has 1 saturated heterocycles. The van der Waals surface area contributed by atoms with Gasteiger partial charge in [-0.1, -0.05) is 39.0 Å². The fourth-order valence-electron chi connectivity index (χ4n) is 3.05. The summed E-state index contributed by atoms with van der Waals surface area (Å²) in [5.41, 5.74) is -0.0851. The highest BCUT2D eigenvalue weighted by Gasteiger charge is 2.41. The van der Waals surface area contributed by atoms with Crippen LogP contribution in [0.15, 0.2) is 41.3 Å². The topological polar surface area (TPSA) is 103 Å². The van der Waals surface area contributed by atoms with Gasteiger partial charge in [-0.3, -0.25) is 9.36 Å². The number of aliphatic hydroxyl groups excluding tert-OH is 1. The van der Waals surface area contributed by atoms with E-state index in [2.05, 4.69) is 44.2 Å². The number of hydrogen-bond acceptors (Lipinski definition) is 6. The Labute approximate surface area is 202 Å². The predicted molar refractivity (Wildman–Crippen MR) is 133 cm³/mol. The summed E-state index contributed by atoms with van der Waals surface area (Å²) in [7, 11) is -1.99. The Hall–Kier alpha value is -1.60. The summed E-state index contributed by atoms with van der Waals surface area (Å²) in [5.74, 6) is -0.152. The van der Waals surface area contributed by atoms with Crippen molar-refractivity contribution >= 4 is 42.6 Å². The second-order valence-corrected chi connectivity index (χ2v) is 15.4. The van der Waals surface area contributed by atoms with E-state index >= 15 is 0 Å². The molecule has 0 unspecified atom stereocenters. The van der Waals surface area contributed by atoms with Crippen LogP contribution in [0, 0.1) is 3.57 Å². The summed E-state index contributed by atoms with van der Waals surface area (Å²) in [6, 6.07) is 8.71. The fraction of sp³-hybridized carbons (Fsp3) is 0.500. The molecule has 32 heavy (non-hydrogen) atoms. The van der Waals surface area contributed by atoms with Crippen LogP contribution in [-0.2, 0) is 9.16 Å². The molecule has 3 atom stereocenters. The molecule has 1 aliphatic heterocycles. The standard InChI is InChI=1S/C22H30IN3O5Si/c1-22(2,3)32(4,5)30-13-17-16(27)11-18(31-17)26-12-15(23)19(25-21(26)29)24-20(28)14-9-7-6-8-10-14/h6-10,12,16-18,27H,11,13H2,1-5H3,(H,24,25,28,29)/t16-,17-,18-/m1/s1. The van der Waals surface area contributed by atoms with Crippen LogP contribution in [0.4, 0.5) is 5.82 Å². The van der Waals surface area contributed by atoms with Crippen molar-refractivity contribution in [2.75, 3.05) is 11.9 Å². The first-order valence-corrected chi connectivity index (χ1v) is 14.5. The number of halogens is 1. The molecule has 1 amide bonds. The Balaban J connectivity index is 1.70. The van der Waals surface area contributed by atoms with E-state index in [1.54, 1.807) is 30.5 Å². The van der Waals surface area contributed by atoms with Gasteiger partial charge in [-0.15, -0.1) is 0 Å². The van der Waals surface area contributed by atoms with Gasteiger partial charge in [-0.05, 0) is 52.9 Å². The highest BCUT2D eigenvalue weighted by atomic mass is 127. The van der Waals surface area contributed by atoms with Crippen LogP contribution in [0.5, 0.6) is 0 Å². The molecule has 0 aliphatic carbocycles. The van der Waals surface area contributed by atoms with Crippen molar-refractivity contribution in [1.82, 2.24) is 9.55 Å². The Morgan fingerprint density at radius 2 is 2.00 bits per heavy atom. The second-order valence-electron chi connectivity index (χ2n) is 9.45. The Bertz CT molecular complexity index is 1020. The molecule has 0 spiro atoms. The van der Waals surface area contributed by atoms with Crippen LogP contribution in [0.2, 0.25) is 18.1 Å². The number of rotatable bonds is 6. The number of aromatic nitrogens is 2. The number of nitrogens with one attached hydrogen (secondary N) is 1. The van der Waals surface area contributed by atoms with Gasteiger partial charge >= 0.3 is 5.69 Å². The van der Waals surface area contributed by atoms with Crippen LogP contribution >= 0.6 is 22.6 Å². The normalized spacial score (nSPS) is 21.5. The van der Waals surface area contributed by atoms with Gasteiger partial charge in [-0.25, -0.2) is 4.79 Å². The van der Waals surface area contributed by atoms with Gasteiger partial charge in [0.25, 0.3) is 5.91 Å². The van der Waals surface area contributed by atoms with E-state index in [0.29, 0.717) is 9.13 Å². The summed E-state index contributed by atoms with van der Waals surface area (Å²) < 4.78 is 14.1. The lowest BCUT2D eigenvalue weighted by molar-refractivity contribution is -0.0432. The summed E-state index contributed by atoms with van der Waals surface area (Å²) in [4.78, 5) is 29.1. The molecule has 2 aromatic rings. The van der Waals surface area contributed by atoms with Gasteiger partial charge in [0.15, 0.2) is 14.1 Å². The Morgan fingerprint density at radius 3 is 2.62 bits per heavy atom. The molecule has 0 radical (unpaired) electrons. The number of hydrogen-bond donors (Lipinski definition) is 2. The van der Waals surface area contributed by atoms with E-state index in [4.69, 9.17) is 9.16 Å². The minimum Gasteiger partial charge on any atom is -0.414 e. The quantitative estimate of drug-likeness (QED) is 0.405. The van der Waals surface area contributed by atoms with Crippen LogP contribution in [-0.4, -0.2) is 47.7 Å². The maximum absolute atomic E-state index is 12.7. The lowest BCUT2D eigenvalue weighted by atomic mass is 10.2. The SMILES string of the molecule is CC(C)(C)[Si](C)(C)OC[C@H]1O[C@@H](n2cc(I)c(NC(=O)c3ccccc3)nc2=O)C[C@H]1O. The van der Waals surface area contributed by atoms with E-state index < -0.39 is 32.4 Å². The Morgan fingerprint density at radius 1 is 1.34 bits per heavy atom. The highest BCUT2D eigenvalue weighted by molar-refractivity contribution is 14.1. The van der Waals surface area contributed by atoms with Crippen molar-refractivity contribution in [3.63, 3.8) is 0 Å². The van der Waals surface area contributed by atoms with Crippen LogP contribution in [0.25, 0.3) is 0 Å². The molecule has 174 valence electrons. The number of benzene rings is 1. The van der Waals surface area contributed by atoms with Crippen molar-refractivity contribution in [2.24, 2.45) is 0 Å². The first-order valence-electron chi connectivity index (χ1n) is 10.5. The van der Waals surface area contributed by atoms with Gasteiger partial charge in [-0.2, -0.15) is 4.98 Å². The summed E-state index contributed by atoms with van der Waals surface area (Å²) in [6.45, 7) is 11.0. The molecule has 1 aromatic heterocycles. The van der Waals surface area contributed by atoms with Gasteiger partial charge in [0.05, 0.1) is 16.3 Å². The predicted octanol–water partition coefficient (Wildman–Crippen LogP) is 3.77. The van der Waals surface area contributed by atoms with Crippen LogP contribution in [0.1, 0.15) is 43.8 Å². The van der Waals surface area contributed by atoms with Crippen molar-refractivity contribution in [1.29, 1.82) is 0 Å². The summed E-state index contributed by atoms with van der Waals surface area (Å²) in [5, 5.41) is 13.2. The van der Waals surface area contributed by atoms with Crippen LogP contribution < -0.4 is 11.0 Å². The third kappa shape index (κ3) is 5.65. The van der Waals surface area contributed by atoms with E-state index in [9.17, 15) is 14.7 Å². The smallest absolute Gasteiger partial charge is 0.351 e. The third-order valence-electron chi connectivity index (χ3n) is 6.10. The lowest BCUT2D eigenvalue weighted by Gasteiger charge is -2.37. The van der Waals surface area contributed by atoms with Crippen molar-refractivity contribution in [3.8, 4) is 0 Å². The number of ether oxygens (including phenoxy) is 1. The minimum atomic E-state index is -1.99. The highest BCUT2D eigenvalue weighted by Crippen LogP contribution is 2.37. The van der Waals surface area contributed by atoms with E-state index in [1.165, 1.54) is 4.57 Å². The zero-order valence-electron chi connectivity index (χ0n) is 19.0. The van der Waals surface area contributed by atoms with E-state index in [-0.39, 0.29) is 29.8 Å². The fourth-order valence-corrected chi connectivity index (χ4v) is 4.62. The van der Waals surface area contributed by atoms with Gasteiger partial charge < -0.3 is 19.6 Å². The van der Waals surface area contributed by atoms with Crippen molar-refractivity contribution in [3.05, 3.63) is 56.1 Å². The largest absolute Gasteiger partial charge is 0.414 e. The second kappa shape index (κ2) is 9.72.